The van der Waals surface area contributed by atoms with Crippen LogP contribution in [0.3, 0.4) is 0 Å². The molecule has 7 nitrogen and oxygen atoms in total. The highest BCUT2D eigenvalue weighted by Gasteiger charge is 2.23. The van der Waals surface area contributed by atoms with Crippen LogP contribution in [0, 0.1) is 6.92 Å². The molecule has 4 rings (SSSR count). The Kier molecular flexibility index (Phi) is 7.11. The third-order valence-corrected chi connectivity index (χ3v) is 6.14. The lowest BCUT2D eigenvalue weighted by atomic mass is 10.2. The van der Waals surface area contributed by atoms with Gasteiger partial charge in [0.25, 0.3) is 0 Å². The maximum Gasteiger partial charge on any atom is 0.232 e. The molecule has 2 aromatic carbocycles. The summed E-state index contributed by atoms with van der Waals surface area (Å²) in [6.07, 6.45) is 0. The zero-order chi connectivity index (χ0) is 21.6. The van der Waals surface area contributed by atoms with E-state index in [1.807, 2.05) is 47.0 Å². The third kappa shape index (κ3) is 5.39. The lowest BCUT2D eigenvalue weighted by Crippen LogP contribution is -2.38. The first-order valence-electron chi connectivity index (χ1n) is 10.1. The molecule has 0 radical (unpaired) electrons. The fraction of sp³-hybridized carbons (Fsp3) is 0.318. The highest BCUT2D eigenvalue weighted by Crippen LogP contribution is 2.28. The lowest BCUT2D eigenvalue weighted by Gasteiger charge is -2.28. The van der Waals surface area contributed by atoms with Crippen LogP contribution in [0.15, 0.2) is 53.7 Å². The number of benzene rings is 2. The van der Waals surface area contributed by atoms with Crippen molar-refractivity contribution >= 4 is 35.2 Å². The van der Waals surface area contributed by atoms with E-state index in [-0.39, 0.29) is 11.7 Å². The normalized spacial score (nSPS) is 13.9. The van der Waals surface area contributed by atoms with Crippen LogP contribution in [0.5, 0.6) is 0 Å². The average Bonchev–Trinajstić information content (AvgIpc) is 3.21. The van der Waals surface area contributed by atoms with Crippen molar-refractivity contribution in [3.63, 3.8) is 0 Å². The second kappa shape index (κ2) is 10.2. The second-order valence-electron chi connectivity index (χ2n) is 7.20. The molecule has 1 aliphatic rings. The summed E-state index contributed by atoms with van der Waals surface area (Å²) in [7, 11) is 0. The van der Waals surface area contributed by atoms with E-state index in [4.69, 9.17) is 16.3 Å². The Bertz CT molecular complexity index is 1050. The number of carbonyl (C=O) groups excluding carboxylic acids is 1. The molecule has 162 valence electrons. The van der Waals surface area contributed by atoms with Gasteiger partial charge in [-0.15, -0.1) is 10.2 Å². The standard InChI is InChI=1S/C22H24ClN5O2S/c1-16-5-2-3-8-19(16)28-21(27-9-11-30-12-10-27)25-26-22(28)31-15-20(29)24-14-17-6-4-7-18(23)13-17/h2-8,13H,9-12,14-15H2,1H3,(H,24,29). The van der Waals surface area contributed by atoms with Crippen molar-refractivity contribution in [3.05, 3.63) is 64.7 Å². The minimum atomic E-state index is -0.0720. The van der Waals surface area contributed by atoms with Gasteiger partial charge in [0.1, 0.15) is 0 Å². The van der Waals surface area contributed by atoms with E-state index < -0.39 is 0 Å². The van der Waals surface area contributed by atoms with Crippen molar-refractivity contribution in [2.75, 3.05) is 37.0 Å². The monoisotopic (exact) mass is 457 g/mol. The molecule has 1 N–H and O–H groups in total. The number of nitrogens with one attached hydrogen (secondary N) is 1. The molecule has 1 aliphatic heterocycles. The molecule has 0 atom stereocenters. The Morgan fingerprint density at radius 2 is 1.97 bits per heavy atom. The van der Waals surface area contributed by atoms with Crippen LogP contribution < -0.4 is 10.2 Å². The van der Waals surface area contributed by atoms with Crippen LogP contribution in [0.25, 0.3) is 5.69 Å². The molecule has 0 spiro atoms. The van der Waals surface area contributed by atoms with Gasteiger partial charge in [-0.05, 0) is 36.2 Å². The molecule has 3 aromatic rings. The van der Waals surface area contributed by atoms with Crippen molar-refractivity contribution < 1.29 is 9.53 Å². The number of amides is 1. The van der Waals surface area contributed by atoms with Gasteiger partial charge in [0, 0.05) is 24.7 Å². The number of hydrogen-bond donors (Lipinski definition) is 1. The van der Waals surface area contributed by atoms with E-state index in [1.54, 1.807) is 0 Å². The number of morpholine rings is 1. The number of aromatic nitrogens is 3. The molecular weight excluding hydrogens is 434 g/mol. The first-order chi connectivity index (χ1) is 15.1. The van der Waals surface area contributed by atoms with Gasteiger partial charge in [0.15, 0.2) is 5.16 Å². The topological polar surface area (TPSA) is 72.3 Å². The highest BCUT2D eigenvalue weighted by molar-refractivity contribution is 7.99. The van der Waals surface area contributed by atoms with Crippen molar-refractivity contribution in [3.8, 4) is 5.69 Å². The summed E-state index contributed by atoms with van der Waals surface area (Å²) < 4.78 is 7.52. The fourth-order valence-corrected chi connectivity index (χ4v) is 4.36. The lowest BCUT2D eigenvalue weighted by molar-refractivity contribution is -0.118. The minimum absolute atomic E-state index is 0.0720. The second-order valence-corrected chi connectivity index (χ2v) is 8.58. The van der Waals surface area contributed by atoms with Crippen LogP contribution in [-0.2, 0) is 16.1 Å². The molecule has 1 fully saturated rings. The predicted octanol–water partition coefficient (Wildman–Crippen LogP) is 3.47. The van der Waals surface area contributed by atoms with Gasteiger partial charge < -0.3 is 15.0 Å². The Hall–Kier alpha value is -2.55. The van der Waals surface area contributed by atoms with Gasteiger partial charge in [-0.3, -0.25) is 9.36 Å². The number of carbonyl (C=O) groups is 1. The summed E-state index contributed by atoms with van der Waals surface area (Å²) in [5.41, 5.74) is 3.09. The van der Waals surface area contributed by atoms with Gasteiger partial charge in [-0.25, -0.2) is 0 Å². The summed E-state index contributed by atoms with van der Waals surface area (Å²) in [4.78, 5) is 14.6. The number of thioether (sulfide) groups is 1. The SMILES string of the molecule is Cc1ccccc1-n1c(SCC(=O)NCc2cccc(Cl)c2)nnc1N1CCOCC1. The maximum atomic E-state index is 12.4. The van der Waals surface area contributed by atoms with Gasteiger partial charge >= 0.3 is 0 Å². The Morgan fingerprint density at radius 1 is 1.16 bits per heavy atom. The van der Waals surface area contributed by atoms with Crippen LogP contribution in [0.1, 0.15) is 11.1 Å². The molecule has 1 amide bonds. The molecule has 0 aliphatic carbocycles. The molecule has 2 heterocycles. The number of nitrogens with zero attached hydrogens (tertiary/aromatic N) is 4. The van der Waals surface area contributed by atoms with E-state index in [0.29, 0.717) is 29.9 Å². The van der Waals surface area contributed by atoms with Gasteiger partial charge in [-0.2, -0.15) is 0 Å². The Morgan fingerprint density at radius 3 is 2.74 bits per heavy atom. The molecular formula is C22H24ClN5O2S. The summed E-state index contributed by atoms with van der Waals surface area (Å²) in [6.45, 7) is 5.33. The molecule has 9 heteroatoms. The molecule has 0 unspecified atom stereocenters. The zero-order valence-corrected chi connectivity index (χ0v) is 18.8. The van der Waals surface area contributed by atoms with Crippen LogP contribution >= 0.6 is 23.4 Å². The number of para-hydroxylation sites is 1. The van der Waals surface area contributed by atoms with Crippen molar-refractivity contribution in [2.45, 2.75) is 18.6 Å². The van der Waals surface area contributed by atoms with Crippen LogP contribution in [0.2, 0.25) is 5.02 Å². The number of ether oxygens (including phenoxy) is 1. The van der Waals surface area contributed by atoms with Gasteiger partial charge in [0.05, 0.1) is 24.7 Å². The maximum absolute atomic E-state index is 12.4. The van der Waals surface area contributed by atoms with E-state index in [2.05, 4.69) is 33.4 Å². The molecule has 1 aromatic heterocycles. The summed E-state index contributed by atoms with van der Waals surface area (Å²) in [5, 5.41) is 13.1. The third-order valence-electron chi connectivity index (χ3n) is 4.98. The summed E-state index contributed by atoms with van der Waals surface area (Å²) in [5.74, 6) is 0.949. The fourth-order valence-electron chi connectivity index (χ4n) is 3.38. The van der Waals surface area contributed by atoms with E-state index in [9.17, 15) is 4.79 Å². The average molecular weight is 458 g/mol. The molecule has 1 saturated heterocycles. The largest absolute Gasteiger partial charge is 0.378 e. The van der Waals surface area contributed by atoms with Crippen LogP contribution in [-0.4, -0.2) is 52.7 Å². The van der Waals surface area contributed by atoms with Gasteiger partial charge in [0.2, 0.25) is 11.9 Å². The minimum Gasteiger partial charge on any atom is -0.378 e. The summed E-state index contributed by atoms with van der Waals surface area (Å²) >= 11 is 7.38. The summed E-state index contributed by atoms with van der Waals surface area (Å²) in [6, 6.07) is 15.6. The van der Waals surface area contributed by atoms with Crippen molar-refractivity contribution in [2.24, 2.45) is 0 Å². The zero-order valence-electron chi connectivity index (χ0n) is 17.3. The van der Waals surface area contributed by atoms with Crippen molar-refractivity contribution in [1.82, 2.24) is 20.1 Å². The quantitative estimate of drug-likeness (QED) is 0.548. The Labute approximate surface area is 190 Å². The highest BCUT2D eigenvalue weighted by atomic mass is 35.5. The Balaban J connectivity index is 1.49. The number of aryl methyl sites for hydroxylation is 1. The van der Waals surface area contributed by atoms with Crippen LogP contribution in [0.4, 0.5) is 5.95 Å². The number of hydrogen-bond acceptors (Lipinski definition) is 6. The first-order valence-corrected chi connectivity index (χ1v) is 11.5. The number of rotatable bonds is 7. The molecule has 31 heavy (non-hydrogen) atoms. The van der Waals surface area contributed by atoms with E-state index >= 15 is 0 Å². The number of halogens is 1. The predicted molar refractivity (Wildman–Crippen MR) is 123 cm³/mol. The molecule has 0 saturated carbocycles. The smallest absolute Gasteiger partial charge is 0.232 e. The molecule has 0 bridgehead atoms. The van der Waals surface area contributed by atoms with Crippen molar-refractivity contribution in [1.29, 1.82) is 0 Å². The van der Waals surface area contributed by atoms with Gasteiger partial charge in [-0.1, -0.05) is 53.7 Å². The van der Waals surface area contributed by atoms with E-state index in [1.165, 1.54) is 11.8 Å². The number of anilines is 1. The van der Waals surface area contributed by atoms with E-state index in [0.717, 1.165) is 35.9 Å². The first kappa shape index (κ1) is 21.7.